The van der Waals surface area contributed by atoms with Crippen molar-refractivity contribution in [2.45, 2.75) is 12.6 Å². The zero-order valence-electron chi connectivity index (χ0n) is 8.90. The summed E-state index contributed by atoms with van der Waals surface area (Å²) < 4.78 is 2.03. The van der Waals surface area contributed by atoms with E-state index in [2.05, 4.69) is 20.2 Å². The largest absolute Gasteiger partial charge is 0.295 e. The molecule has 0 amide bonds. The molecule has 0 bridgehead atoms. The molecule has 1 aliphatic rings. The summed E-state index contributed by atoms with van der Waals surface area (Å²) in [7, 11) is 0. The molecule has 1 fully saturated rings. The minimum Gasteiger partial charge on any atom is -0.295 e. The predicted octanol–water partition coefficient (Wildman–Crippen LogP) is 0.730. The molecule has 0 N–H and O–H groups in total. The molecule has 3 rings (SSSR count). The van der Waals surface area contributed by atoms with Crippen LogP contribution in [0.4, 0.5) is 0 Å². The van der Waals surface area contributed by atoms with E-state index in [-0.39, 0.29) is 0 Å². The van der Waals surface area contributed by atoms with Gasteiger partial charge in [-0.25, -0.2) is 0 Å². The molecule has 3 heterocycles. The third-order valence-electron chi connectivity index (χ3n) is 2.89. The molecule has 2 aromatic heterocycles. The second kappa shape index (κ2) is 4.02. The standard InChI is InChI=1S/C11H13N5/c1-3-14-16(5-1)11-8-15(9-11)7-10-2-4-12-13-6-10/h1-6,11H,7-9H2. The van der Waals surface area contributed by atoms with Crippen molar-refractivity contribution < 1.29 is 0 Å². The lowest BCUT2D eigenvalue weighted by Crippen LogP contribution is -2.47. The second-order valence-electron chi connectivity index (χ2n) is 4.08. The lowest BCUT2D eigenvalue weighted by atomic mass is 10.1. The van der Waals surface area contributed by atoms with E-state index in [0.717, 1.165) is 19.6 Å². The Morgan fingerprint density at radius 2 is 2.19 bits per heavy atom. The number of hydrogen-bond acceptors (Lipinski definition) is 4. The van der Waals surface area contributed by atoms with E-state index < -0.39 is 0 Å². The molecule has 1 saturated heterocycles. The fourth-order valence-corrected chi connectivity index (χ4v) is 2.01. The van der Waals surface area contributed by atoms with E-state index in [1.165, 1.54) is 5.56 Å². The first kappa shape index (κ1) is 9.47. The molecule has 0 spiro atoms. The van der Waals surface area contributed by atoms with Crippen LogP contribution in [-0.2, 0) is 6.54 Å². The van der Waals surface area contributed by atoms with Gasteiger partial charge in [0.15, 0.2) is 0 Å². The van der Waals surface area contributed by atoms with Gasteiger partial charge in [-0.2, -0.15) is 15.3 Å². The summed E-state index contributed by atoms with van der Waals surface area (Å²) in [6, 6.07) is 4.51. The molecule has 0 unspecified atom stereocenters. The summed E-state index contributed by atoms with van der Waals surface area (Å²) in [5.41, 5.74) is 1.22. The van der Waals surface area contributed by atoms with Gasteiger partial charge in [0, 0.05) is 38.2 Å². The first-order valence-corrected chi connectivity index (χ1v) is 5.39. The summed E-state index contributed by atoms with van der Waals surface area (Å²) >= 11 is 0. The van der Waals surface area contributed by atoms with Crippen molar-refractivity contribution in [2.24, 2.45) is 0 Å². The molecule has 2 aromatic rings. The third-order valence-corrected chi connectivity index (χ3v) is 2.89. The van der Waals surface area contributed by atoms with Crippen LogP contribution in [0.25, 0.3) is 0 Å². The molecule has 16 heavy (non-hydrogen) atoms. The average Bonchev–Trinajstić information content (AvgIpc) is 2.77. The Balaban J connectivity index is 1.55. The summed E-state index contributed by atoms with van der Waals surface area (Å²) in [6.07, 6.45) is 7.41. The highest BCUT2D eigenvalue weighted by Crippen LogP contribution is 2.21. The summed E-state index contributed by atoms with van der Waals surface area (Å²) in [4.78, 5) is 2.38. The van der Waals surface area contributed by atoms with Gasteiger partial charge in [0.25, 0.3) is 0 Å². The van der Waals surface area contributed by atoms with Crippen molar-refractivity contribution in [3.8, 4) is 0 Å². The van der Waals surface area contributed by atoms with E-state index in [0.29, 0.717) is 6.04 Å². The Labute approximate surface area is 93.7 Å². The van der Waals surface area contributed by atoms with Crippen molar-refractivity contribution >= 4 is 0 Å². The Kier molecular flexibility index (Phi) is 2.38. The molecule has 5 nitrogen and oxygen atoms in total. The van der Waals surface area contributed by atoms with Crippen molar-refractivity contribution in [2.75, 3.05) is 13.1 Å². The van der Waals surface area contributed by atoms with Gasteiger partial charge in [0.2, 0.25) is 0 Å². The van der Waals surface area contributed by atoms with Gasteiger partial charge in [-0.15, -0.1) is 0 Å². The summed E-state index contributed by atoms with van der Waals surface area (Å²) in [5.74, 6) is 0. The van der Waals surface area contributed by atoms with E-state index >= 15 is 0 Å². The quantitative estimate of drug-likeness (QED) is 0.757. The van der Waals surface area contributed by atoms with Crippen LogP contribution in [0.3, 0.4) is 0 Å². The molecular weight excluding hydrogens is 202 g/mol. The number of likely N-dealkylation sites (tertiary alicyclic amines) is 1. The van der Waals surface area contributed by atoms with E-state index in [9.17, 15) is 0 Å². The van der Waals surface area contributed by atoms with Gasteiger partial charge in [0.1, 0.15) is 0 Å². The van der Waals surface area contributed by atoms with Crippen LogP contribution in [-0.4, -0.2) is 38.0 Å². The molecule has 0 aromatic carbocycles. The van der Waals surface area contributed by atoms with Gasteiger partial charge in [0.05, 0.1) is 12.2 Å². The zero-order chi connectivity index (χ0) is 10.8. The van der Waals surface area contributed by atoms with E-state index in [1.54, 1.807) is 6.20 Å². The van der Waals surface area contributed by atoms with Gasteiger partial charge >= 0.3 is 0 Å². The highest BCUT2D eigenvalue weighted by atomic mass is 15.4. The maximum Gasteiger partial charge on any atom is 0.0773 e. The van der Waals surface area contributed by atoms with Crippen molar-refractivity contribution in [3.05, 3.63) is 42.5 Å². The summed E-state index contributed by atoms with van der Waals surface area (Å²) in [5, 5.41) is 11.9. The maximum absolute atomic E-state index is 4.25. The van der Waals surface area contributed by atoms with Crippen LogP contribution in [0.5, 0.6) is 0 Å². The number of rotatable bonds is 3. The average molecular weight is 215 g/mol. The van der Waals surface area contributed by atoms with Gasteiger partial charge < -0.3 is 0 Å². The van der Waals surface area contributed by atoms with Crippen molar-refractivity contribution in [3.63, 3.8) is 0 Å². The third kappa shape index (κ3) is 1.81. The van der Waals surface area contributed by atoms with Gasteiger partial charge in [-0.1, -0.05) is 0 Å². The Morgan fingerprint density at radius 3 is 2.88 bits per heavy atom. The molecule has 0 atom stereocenters. The number of aromatic nitrogens is 4. The van der Waals surface area contributed by atoms with Crippen LogP contribution in [0.15, 0.2) is 36.9 Å². The second-order valence-corrected chi connectivity index (χ2v) is 4.08. The lowest BCUT2D eigenvalue weighted by Gasteiger charge is -2.39. The zero-order valence-corrected chi connectivity index (χ0v) is 8.90. The fourth-order valence-electron chi connectivity index (χ4n) is 2.01. The van der Waals surface area contributed by atoms with E-state index in [1.807, 2.05) is 35.4 Å². The topological polar surface area (TPSA) is 46.8 Å². The highest BCUT2D eigenvalue weighted by Gasteiger charge is 2.28. The fraction of sp³-hybridized carbons (Fsp3) is 0.364. The van der Waals surface area contributed by atoms with Crippen LogP contribution in [0, 0.1) is 0 Å². The smallest absolute Gasteiger partial charge is 0.0773 e. The SMILES string of the molecule is c1cnn(C2CN(Cc3ccnnc3)C2)c1. The van der Waals surface area contributed by atoms with Gasteiger partial charge in [-0.3, -0.25) is 9.58 Å². The molecule has 5 heteroatoms. The molecule has 0 aliphatic carbocycles. The van der Waals surface area contributed by atoms with Crippen LogP contribution in [0.2, 0.25) is 0 Å². The highest BCUT2D eigenvalue weighted by molar-refractivity contribution is 5.06. The Morgan fingerprint density at radius 1 is 1.25 bits per heavy atom. The Hall–Kier alpha value is -1.75. The predicted molar refractivity (Wildman–Crippen MR) is 58.6 cm³/mol. The monoisotopic (exact) mass is 215 g/mol. The molecule has 1 aliphatic heterocycles. The minimum atomic E-state index is 0.532. The number of hydrogen-bond donors (Lipinski definition) is 0. The maximum atomic E-state index is 4.25. The summed E-state index contributed by atoms with van der Waals surface area (Å²) in [6.45, 7) is 3.07. The normalized spacial score (nSPS) is 17.2. The molecule has 82 valence electrons. The molecule has 0 saturated carbocycles. The molecule has 0 radical (unpaired) electrons. The van der Waals surface area contributed by atoms with Crippen molar-refractivity contribution in [1.82, 2.24) is 24.9 Å². The first-order chi connectivity index (χ1) is 7.92. The molecular formula is C11H13N5. The van der Waals surface area contributed by atoms with Crippen LogP contribution < -0.4 is 0 Å². The van der Waals surface area contributed by atoms with Gasteiger partial charge in [-0.05, 0) is 17.7 Å². The van der Waals surface area contributed by atoms with Crippen LogP contribution in [0.1, 0.15) is 11.6 Å². The minimum absolute atomic E-state index is 0.532. The van der Waals surface area contributed by atoms with E-state index in [4.69, 9.17) is 0 Å². The lowest BCUT2D eigenvalue weighted by molar-refractivity contribution is 0.0907. The number of nitrogens with zero attached hydrogens (tertiary/aromatic N) is 5. The van der Waals surface area contributed by atoms with Crippen molar-refractivity contribution in [1.29, 1.82) is 0 Å². The Bertz CT molecular complexity index is 433. The first-order valence-electron chi connectivity index (χ1n) is 5.39. The van der Waals surface area contributed by atoms with Crippen LogP contribution >= 0.6 is 0 Å².